The molecule has 0 aliphatic carbocycles. The molecule has 6 heteroatoms. The third-order valence-corrected chi connectivity index (χ3v) is 5.37. The molecule has 0 saturated carbocycles. The van der Waals surface area contributed by atoms with Gasteiger partial charge >= 0.3 is 0 Å². The topological polar surface area (TPSA) is 66.9 Å². The van der Waals surface area contributed by atoms with E-state index in [1.165, 1.54) is 4.90 Å². The number of amides is 3. The van der Waals surface area contributed by atoms with Crippen molar-refractivity contribution in [3.05, 3.63) is 65.2 Å². The predicted molar refractivity (Wildman–Crippen MR) is 108 cm³/mol. The molecule has 0 radical (unpaired) electrons. The molecule has 6 nitrogen and oxygen atoms in total. The van der Waals surface area contributed by atoms with Gasteiger partial charge in [-0.3, -0.25) is 19.3 Å². The van der Waals surface area contributed by atoms with E-state index in [1.54, 1.807) is 24.3 Å². The van der Waals surface area contributed by atoms with Crippen LogP contribution in [0.5, 0.6) is 5.75 Å². The third-order valence-electron chi connectivity index (χ3n) is 5.37. The zero-order chi connectivity index (χ0) is 20.2. The van der Waals surface area contributed by atoms with Gasteiger partial charge in [-0.05, 0) is 49.1 Å². The van der Waals surface area contributed by atoms with Gasteiger partial charge in [0.05, 0.1) is 17.7 Å². The van der Waals surface area contributed by atoms with Crippen LogP contribution >= 0.6 is 0 Å². The van der Waals surface area contributed by atoms with Crippen LogP contribution in [0.25, 0.3) is 0 Å². The summed E-state index contributed by atoms with van der Waals surface area (Å²) in [4.78, 5) is 39.9. The van der Waals surface area contributed by atoms with E-state index in [0.29, 0.717) is 43.7 Å². The normalized spacial score (nSPS) is 16.3. The van der Waals surface area contributed by atoms with Crippen molar-refractivity contribution < 1.29 is 19.1 Å². The second-order valence-electron chi connectivity index (χ2n) is 7.43. The summed E-state index contributed by atoms with van der Waals surface area (Å²) in [7, 11) is 0. The Labute approximate surface area is 170 Å². The Hall–Kier alpha value is -3.15. The molecule has 2 aromatic carbocycles. The van der Waals surface area contributed by atoms with Crippen LogP contribution in [-0.2, 0) is 11.3 Å². The Kier molecular flexibility index (Phi) is 5.60. The maximum absolute atomic E-state index is 12.4. The number of rotatable bonds is 7. The quantitative estimate of drug-likeness (QED) is 0.536. The molecule has 0 spiro atoms. The summed E-state index contributed by atoms with van der Waals surface area (Å²) in [6.45, 7) is 2.14. The summed E-state index contributed by atoms with van der Waals surface area (Å²) in [5, 5.41) is 0. The first-order valence-electron chi connectivity index (χ1n) is 10.1. The summed E-state index contributed by atoms with van der Waals surface area (Å²) >= 11 is 0. The largest absolute Gasteiger partial charge is 0.494 e. The van der Waals surface area contributed by atoms with E-state index in [2.05, 4.69) is 0 Å². The molecule has 3 amide bonds. The minimum atomic E-state index is -0.237. The Morgan fingerprint density at radius 3 is 2.38 bits per heavy atom. The first-order valence-corrected chi connectivity index (χ1v) is 10.1. The van der Waals surface area contributed by atoms with Crippen molar-refractivity contribution in [2.45, 2.75) is 32.2 Å². The van der Waals surface area contributed by atoms with Crippen LogP contribution in [-0.4, -0.2) is 47.2 Å². The molecule has 0 N–H and O–H groups in total. The van der Waals surface area contributed by atoms with Crippen molar-refractivity contribution in [2.75, 3.05) is 19.7 Å². The fraction of sp³-hybridized carbons (Fsp3) is 0.348. The molecule has 4 rings (SSSR count). The van der Waals surface area contributed by atoms with Gasteiger partial charge in [-0.1, -0.05) is 24.3 Å². The second-order valence-corrected chi connectivity index (χ2v) is 7.43. The van der Waals surface area contributed by atoms with Crippen LogP contribution in [0.3, 0.4) is 0 Å². The monoisotopic (exact) mass is 392 g/mol. The average Bonchev–Trinajstić information content (AvgIpc) is 2.98. The lowest BCUT2D eigenvalue weighted by atomic mass is 10.1. The van der Waals surface area contributed by atoms with Crippen LogP contribution in [0.4, 0.5) is 0 Å². The number of carbonyl (C=O) groups is 3. The predicted octanol–water partition coefficient (Wildman–Crippen LogP) is 3.26. The molecule has 0 atom stereocenters. The van der Waals surface area contributed by atoms with E-state index in [0.717, 1.165) is 30.7 Å². The summed E-state index contributed by atoms with van der Waals surface area (Å²) in [5.41, 5.74) is 1.98. The van der Waals surface area contributed by atoms with Crippen LogP contribution in [0.2, 0.25) is 0 Å². The molecule has 2 aliphatic heterocycles. The number of hydrogen-bond donors (Lipinski definition) is 0. The smallest absolute Gasteiger partial charge is 0.261 e. The maximum Gasteiger partial charge on any atom is 0.261 e. The minimum Gasteiger partial charge on any atom is -0.494 e. The van der Waals surface area contributed by atoms with E-state index in [-0.39, 0.29) is 17.7 Å². The van der Waals surface area contributed by atoms with Gasteiger partial charge in [-0.15, -0.1) is 0 Å². The number of imide groups is 1. The number of ether oxygens (including phenoxy) is 1. The van der Waals surface area contributed by atoms with E-state index in [9.17, 15) is 14.4 Å². The van der Waals surface area contributed by atoms with Gasteiger partial charge in [0.1, 0.15) is 5.75 Å². The van der Waals surface area contributed by atoms with Gasteiger partial charge in [-0.25, -0.2) is 0 Å². The van der Waals surface area contributed by atoms with Crippen LogP contribution in [0.15, 0.2) is 48.5 Å². The number of piperidine rings is 1. The first-order chi connectivity index (χ1) is 14.1. The lowest BCUT2D eigenvalue weighted by Crippen LogP contribution is -2.34. The van der Waals surface area contributed by atoms with E-state index in [4.69, 9.17) is 4.74 Å². The highest BCUT2D eigenvalue weighted by atomic mass is 16.5. The number of nitrogens with zero attached hydrogens (tertiary/aromatic N) is 2. The molecular formula is C23H24N2O4. The minimum absolute atomic E-state index is 0.212. The molecular weight excluding hydrogens is 368 g/mol. The van der Waals surface area contributed by atoms with Crippen molar-refractivity contribution in [1.82, 2.24) is 9.80 Å². The number of carbonyl (C=O) groups excluding carboxylic acids is 3. The number of likely N-dealkylation sites (tertiary alicyclic amines) is 1. The van der Waals surface area contributed by atoms with Crippen molar-refractivity contribution in [3.8, 4) is 5.75 Å². The molecule has 2 heterocycles. The summed E-state index contributed by atoms with van der Waals surface area (Å²) in [5.74, 6) is 0.468. The van der Waals surface area contributed by atoms with E-state index in [1.807, 2.05) is 29.2 Å². The average molecular weight is 392 g/mol. The van der Waals surface area contributed by atoms with Gasteiger partial charge in [-0.2, -0.15) is 0 Å². The van der Waals surface area contributed by atoms with Gasteiger partial charge in [0.15, 0.2) is 0 Å². The number of fused-ring (bicyclic) bond motifs is 1. The third kappa shape index (κ3) is 4.16. The number of hydrogen-bond acceptors (Lipinski definition) is 4. The Morgan fingerprint density at radius 1 is 0.897 bits per heavy atom. The van der Waals surface area contributed by atoms with Crippen molar-refractivity contribution in [3.63, 3.8) is 0 Å². The molecule has 1 saturated heterocycles. The van der Waals surface area contributed by atoms with Crippen molar-refractivity contribution >= 4 is 17.7 Å². The van der Waals surface area contributed by atoms with E-state index >= 15 is 0 Å². The fourth-order valence-corrected chi connectivity index (χ4v) is 3.84. The van der Waals surface area contributed by atoms with Crippen molar-refractivity contribution in [1.29, 1.82) is 0 Å². The lowest BCUT2D eigenvalue weighted by molar-refractivity contribution is -0.133. The molecule has 0 bridgehead atoms. The van der Waals surface area contributed by atoms with Crippen LogP contribution in [0, 0.1) is 0 Å². The molecule has 2 aromatic rings. The first kappa shape index (κ1) is 19.2. The SMILES string of the molecule is O=C1CCCCN1Cc1cccc(OCCCN2C(=O)c3ccccc3C2=O)c1. The fourth-order valence-electron chi connectivity index (χ4n) is 3.84. The highest BCUT2D eigenvalue weighted by molar-refractivity contribution is 6.21. The zero-order valence-electron chi connectivity index (χ0n) is 16.3. The summed E-state index contributed by atoms with van der Waals surface area (Å²) < 4.78 is 5.82. The maximum atomic E-state index is 12.4. The highest BCUT2D eigenvalue weighted by Crippen LogP contribution is 2.23. The Bertz CT molecular complexity index is 905. The molecule has 150 valence electrons. The molecule has 0 aromatic heterocycles. The Balaban J connectivity index is 1.28. The van der Waals surface area contributed by atoms with Gasteiger partial charge < -0.3 is 9.64 Å². The Morgan fingerprint density at radius 2 is 1.66 bits per heavy atom. The molecule has 2 aliphatic rings. The molecule has 0 unspecified atom stereocenters. The van der Waals surface area contributed by atoms with Gasteiger partial charge in [0.2, 0.25) is 5.91 Å². The molecule has 1 fully saturated rings. The summed E-state index contributed by atoms with van der Waals surface area (Å²) in [6, 6.07) is 14.6. The van der Waals surface area contributed by atoms with E-state index < -0.39 is 0 Å². The highest BCUT2D eigenvalue weighted by Gasteiger charge is 2.34. The van der Waals surface area contributed by atoms with Gasteiger partial charge in [0.25, 0.3) is 11.8 Å². The van der Waals surface area contributed by atoms with Gasteiger partial charge in [0, 0.05) is 26.1 Å². The zero-order valence-corrected chi connectivity index (χ0v) is 16.3. The molecule has 29 heavy (non-hydrogen) atoms. The standard InChI is InChI=1S/C23H24N2O4/c26-21-11-3-4-12-24(21)16-17-7-5-8-18(15-17)29-14-6-13-25-22(27)19-9-1-2-10-20(19)23(25)28/h1-2,5,7-10,15H,3-4,6,11-14,16H2. The summed E-state index contributed by atoms with van der Waals surface area (Å²) in [6.07, 6.45) is 3.22. The van der Waals surface area contributed by atoms with Crippen molar-refractivity contribution in [2.24, 2.45) is 0 Å². The lowest BCUT2D eigenvalue weighted by Gasteiger charge is -2.26. The van der Waals surface area contributed by atoms with Crippen LogP contribution in [0.1, 0.15) is 52.0 Å². The van der Waals surface area contributed by atoms with Crippen LogP contribution < -0.4 is 4.74 Å². The number of benzene rings is 2. The second kappa shape index (κ2) is 8.47.